The molecule has 0 aliphatic carbocycles. The molecule has 0 spiro atoms. The summed E-state index contributed by atoms with van der Waals surface area (Å²) >= 11 is 13.6. The largest absolute Gasteiger partial charge is 0.486 e. The minimum atomic E-state index is -0.696. The Bertz CT molecular complexity index is 1340. The van der Waals surface area contributed by atoms with Gasteiger partial charge in [0.2, 0.25) is 0 Å². The van der Waals surface area contributed by atoms with Crippen LogP contribution in [-0.4, -0.2) is 91.1 Å². The van der Waals surface area contributed by atoms with E-state index in [0.717, 1.165) is 37.2 Å². The molecule has 1 unspecified atom stereocenters. The molecule has 2 N–H and O–H groups in total. The Kier molecular flexibility index (Phi) is 7.81. The second-order valence-electron chi connectivity index (χ2n) is 10.5. The Morgan fingerprint density at radius 2 is 1.60 bits per heavy atom. The number of rotatable bonds is 5. The molecule has 4 heterocycles. The monoisotopic (exact) mass is 585 g/mol. The van der Waals surface area contributed by atoms with Crippen molar-refractivity contribution in [1.29, 1.82) is 0 Å². The Balaban J connectivity index is 1.48. The van der Waals surface area contributed by atoms with E-state index in [-0.39, 0.29) is 17.6 Å². The number of carbonyl (C=O) groups is 2. The Labute approximate surface area is 244 Å². The lowest BCUT2D eigenvalue weighted by atomic mass is 9.87. The van der Waals surface area contributed by atoms with Crippen molar-refractivity contribution in [2.24, 2.45) is 5.92 Å². The molecular weight excluding hydrogens is 553 g/mol. The number of ketones is 1. The van der Waals surface area contributed by atoms with Gasteiger partial charge in [-0.2, -0.15) is 0 Å². The summed E-state index contributed by atoms with van der Waals surface area (Å²) in [6.07, 6.45) is 1.57. The summed E-state index contributed by atoms with van der Waals surface area (Å²) < 4.78 is 13.0. The van der Waals surface area contributed by atoms with Gasteiger partial charge in [0, 0.05) is 73.2 Å². The number of nitrogens with one attached hydrogen (secondary N) is 2. The average molecular weight is 587 g/mol. The first-order chi connectivity index (χ1) is 19.4. The van der Waals surface area contributed by atoms with Gasteiger partial charge < -0.3 is 29.9 Å². The zero-order chi connectivity index (χ0) is 27.8. The van der Waals surface area contributed by atoms with Crippen LogP contribution in [0.25, 0.3) is 11.4 Å². The summed E-state index contributed by atoms with van der Waals surface area (Å²) in [7, 11) is 1.86. The van der Waals surface area contributed by atoms with Crippen LogP contribution in [0.5, 0.6) is 11.5 Å². The maximum absolute atomic E-state index is 14.0. The molecule has 212 valence electrons. The van der Waals surface area contributed by atoms with Gasteiger partial charge in [-0.1, -0.05) is 23.7 Å². The predicted molar refractivity (Wildman–Crippen MR) is 154 cm³/mol. The fourth-order valence-electron chi connectivity index (χ4n) is 5.85. The van der Waals surface area contributed by atoms with Gasteiger partial charge >= 0.3 is 0 Å². The van der Waals surface area contributed by atoms with E-state index in [4.69, 9.17) is 32.9 Å². The van der Waals surface area contributed by atoms with Crippen LogP contribution in [0.15, 0.2) is 36.4 Å². The molecule has 0 saturated carbocycles. The fourth-order valence-corrected chi connectivity index (χ4v) is 6.34. The first kappa shape index (κ1) is 27.2. The maximum Gasteiger partial charge on any atom is 0.254 e. The summed E-state index contributed by atoms with van der Waals surface area (Å²) in [6, 6.07) is 11.1. The zero-order valence-corrected chi connectivity index (χ0v) is 23.9. The van der Waals surface area contributed by atoms with E-state index in [9.17, 15) is 9.59 Å². The molecule has 2 saturated heterocycles. The zero-order valence-electron chi connectivity index (χ0n) is 22.4. The van der Waals surface area contributed by atoms with E-state index in [1.165, 1.54) is 4.42 Å². The summed E-state index contributed by atoms with van der Waals surface area (Å²) in [6.45, 7) is 5.20. The molecule has 0 bridgehead atoms. The molecule has 4 aliphatic rings. The normalized spacial score (nSPS) is 21.7. The van der Waals surface area contributed by atoms with Crippen LogP contribution in [-0.2, 0) is 0 Å². The van der Waals surface area contributed by atoms with E-state index < -0.39 is 5.62 Å². The van der Waals surface area contributed by atoms with Crippen molar-refractivity contribution in [3.63, 3.8) is 0 Å². The number of piperidine rings is 1. The lowest BCUT2D eigenvalue weighted by molar-refractivity contribution is 0.0735. The highest BCUT2D eigenvalue weighted by atomic mass is 35.5. The van der Waals surface area contributed by atoms with Gasteiger partial charge in [0.05, 0.1) is 11.4 Å². The molecule has 2 fully saturated rings. The van der Waals surface area contributed by atoms with Gasteiger partial charge in [-0.3, -0.25) is 9.59 Å². The number of carbonyl (C=O) groups excluding carboxylic acids is 2. The van der Waals surface area contributed by atoms with Crippen LogP contribution < -0.4 is 20.1 Å². The van der Waals surface area contributed by atoms with E-state index in [0.29, 0.717) is 73.3 Å². The second-order valence-corrected chi connectivity index (χ2v) is 11.2. The van der Waals surface area contributed by atoms with E-state index in [1.54, 1.807) is 6.07 Å². The number of benzene rings is 2. The number of piperazine rings is 1. The third kappa shape index (κ3) is 5.00. The molecular formula is C29H33Cl2N5O4. The number of nitrogens with zero attached hydrogens (tertiary/aromatic N) is 3. The number of hydrogen-bond donors (Lipinski definition) is 2. The SMILES string of the molecule is CN1C(c2ccc3c(c2)OCCO3)=C(c2ccc(C(=O)C3CCNCC3)cc2C(=O)N2CCNCC2)N(Cl)C1Cl. The number of fused-ring (bicyclic) bond motifs is 1. The molecule has 11 heteroatoms. The van der Waals surface area contributed by atoms with Crippen molar-refractivity contribution < 1.29 is 19.1 Å². The third-order valence-electron chi connectivity index (χ3n) is 8.02. The number of hydrogen-bond acceptors (Lipinski definition) is 8. The topological polar surface area (TPSA) is 86.4 Å². The third-order valence-corrected chi connectivity index (χ3v) is 8.96. The summed E-state index contributed by atoms with van der Waals surface area (Å²) in [5.74, 6) is 1.21. The molecule has 2 aromatic carbocycles. The van der Waals surface area contributed by atoms with Crippen molar-refractivity contribution in [2.75, 3.05) is 59.5 Å². The van der Waals surface area contributed by atoms with Crippen LogP contribution in [0.1, 0.15) is 44.7 Å². The van der Waals surface area contributed by atoms with Crippen LogP contribution in [0.2, 0.25) is 0 Å². The van der Waals surface area contributed by atoms with E-state index in [2.05, 4.69) is 10.6 Å². The number of Topliss-reactive ketones (excluding diaryl/α,β-unsaturated/α-hetero) is 1. The highest BCUT2D eigenvalue weighted by molar-refractivity contribution is 6.30. The van der Waals surface area contributed by atoms with Crippen molar-refractivity contribution in [2.45, 2.75) is 18.5 Å². The van der Waals surface area contributed by atoms with Crippen LogP contribution in [0.4, 0.5) is 0 Å². The summed E-state index contributed by atoms with van der Waals surface area (Å²) in [5.41, 5.74) is 3.09. The highest BCUT2D eigenvalue weighted by Gasteiger charge is 2.38. The molecule has 0 radical (unpaired) electrons. The van der Waals surface area contributed by atoms with Gasteiger partial charge in [0.1, 0.15) is 13.2 Å². The van der Waals surface area contributed by atoms with Crippen molar-refractivity contribution >= 4 is 46.5 Å². The number of ether oxygens (including phenoxy) is 2. The molecule has 40 heavy (non-hydrogen) atoms. The van der Waals surface area contributed by atoms with Gasteiger partial charge in [-0.05, 0) is 50.2 Å². The minimum absolute atomic E-state index is 0.0592. The molecule has 2 aromatic rings. The number of amides is 1. The minimum Gasteiger partial charge on any atom is -0.486 e. The quantitative estimate of drug-likeness (QED) is 0.239. The Hall–Kier alpha value is -2.98. The van der Waals surface area contributed by atoms with Crippen molar-refractivity contribution in [3.05, 3.63) is 58.7 Å². The number of alkyl halides is 1. The van der Waals surface area contributed by atoms with Gasteiger partial charge in [0.15, 0.2) is 22.9 Å². The lowest BCUT2D eigenvalue weighted by Crippen LogP contribution is -2.46. The molecule has 1 atom stereocenters. The molecule has 1 amide bonds. The second kappa shape index (κ2) is 11.5. The summed E-state index contributed by atoms with van der Waals surface area (Å²) in [5, 5.41) is 6.61. The highest BCUT2D eigenvalue weighted by Crippen LogP contribution is 2.46. The van der Waals surface area contributed by atoms with Gasteiger partial charge in [-0.25, -0.2) is 4.42 Å². The summed E-state index contributed by atoms with van der Waals surface area (Å²) in [4.78, 5) is 31.2. The van der Waals surface area contributed by atoms with Crippen LogP contribution in [0, 0.1) is 5.92 Å². The lowest BCUT2D eigenvalue weighted by Gasteiger charge is -2.29. The smallest absolute Gasteiger partial charge is 0.254 e. The Morgan fingerprint density at radius 3 is 2.35 bits per heavy atom. The van der Waals surface area contributed by atoms with Crippen molar-refractivity contribution in [3.8, 4) is 11.5 Å². The van der Waals surface area contributed by atoms with E-state index in [1.807, 2.05) is 47.2 Å². The van der Waals surface area contributed by atoms with Gasteiger partial charge in [-0.15, -0.1) is 0 Å². The predicted octanol–water partition coefficient (Wildman–Crippen LogP) is 3.43. The standard InChI is InChI=1S/C29H33Cl2N5O4/c1-34-25(19-3-5-23-24(17-19)40-15-14-39-23)26(36(31)29(34)30)21-4-2-20(27(37)18-6-8-32-9-7-18)16-22(21)28(38)35-12-10-33-11-13-35/h2-5,16-18,29,32-33H,6-15H2,1H3. The van der Waals surface area contributed by atoms with Crippen LogP contribution in [0.3, 0.4) is 0 Å². The molecule has 4 aliphatic heterocycles. The average Bonchev–Trinajstić information content (AvgIpc) is 3.24. The first-order valence-corrected chi connectivity index (χ1v) is 14.6. The number of halogens is 2. The van der Waals surface area contributed by atoms with E-state index >= 15 is 0 Å². The van der Waals surface area contributed by atoms with Crippen LogP contribution >= 0.6 is 23.4 Å². The maximum atomic E-state index is 14.0. The fraction of sp³-hybridized carbons (Fsp3) is 0.448. The molecule has 0 aromatic heterocycles. The Morgan fingerprint density at radius 1 is 0.900 bits per heavy atom. The van der Waals surface area contributed by atoms with Gasteiger partial charge in [0.25, 0.3) is 5.91 Å². The molecule has 6 rings (SSSR count). The van der Waals surface area contributed by atoms with Crippen molar-refractivity contribution in [1.82, 2.24) is 24.9 Å². The molecule has 9 nitrogen and oxygen atoms in total. The first-order valence-electron chi connectivity index (χ1n) is 13.8.